The van der Waals surface area contributed by atoms with Crippen molar-refractivity contribution in [3.8, 4) is 0 Å². The Hall–Kier alpha value is -2.24. The topological polar surface area (TPSA) is 58.8 Å². The third-order valence-corrected chi connectivity index (χ3v) is 4.31. The maximum atomic E-state index is 12.3. The molecule has 1 saturated heterocycles. The van der Waals surface area contributed by atoms with Gasteiger partial charge in [-0.25, -0.2) is 4.79 Å². The molecule has 25 heavy (non-hydrogen) atoms. The summed E-state index contributed by atoms with van der Waals surface area (Å²) in [7, 11) is 1.98. The van der Waals surface area contributed by atoms with Gasteiger partial charge in [-0.05, 0) is 51.7 Å². The molecule has 1 aromatic carbocycles. The molecule has 2 heterocycles. The lowest BCUT2D eigenvalue weighted by atomic mass is 9.98. The molecule has 0 N–H and O–H groups in total. The SMILES string of the molecule is CN(CC1CCCN(C(=O)OC(C)(C)C)C1)c1nc2ccccc2o1. The van der Waals surface area contributed by atoms with E-state index in [0.29, 0.717) is 18.5 Å². The minimum absolute atomic E-state index is 0.221. The number of amides is 1. The fourth-order valence-electron chi connectivity index (χ4n) is 3.20. The predicted octanol–water partition coefficient (Wildman–Crippen LogP) is 3.91. The number of fused-ring (bicyclic) bond motifs is 1. The first-order valence-corrected chi connectivity index (χ1v) is 8.86. The van der Waals surface area contributed by atoms with Gasteiger partial charge in [0.1, 0.15) is 11.1 Å². The number of piperidine rings is 1. The standard InChI is InChI=1S/C19H27N3O3/c1-19(2,3)25-18(23)22-11-7-8-14(13-22)12-21(4)17-20-15-9-5-6-10-16(15)24-17/h5-6,9-10,14H,7-8,11-13H2,1-4H3. The molecule has 1 amide bonds. The van der Waals surface area contributed by atoms with Crippen LogP contribution in [0.3, 0.4) is 0 Å². The van der Waals surface area contributed by atoms with Crippen molar-refractivity contribution in [1.82, 2.24) is 9.88 Å². The number of rotatable bonds is 3. The average Bonchev–Trinajstić information content (AvgIpc) is 2.98. The summed E-state index contributed by atoms with van der Waals surface area (Å²) in [6.45, 7) is 7.96. The highest BCUT2D eigenvalue weighted by Gasteiger charge is 2.28. The van der Waals surface area contributed by atoms with Crippen LogP contribution in [0.25, 0.3) is 11.1 Å². The van der Waals surface area contributed by atoms with Gasteiger partial charge in [-0.15, -0.1) is 0 Å². The number of hydrogen-bond acceptors (Lipinski definition) is 5. The third-order valence-electron chi connectivity index (χ3n) is 4.31. The quantitative estimate of drug-likeness (QED) is 0.844. The minimum atomic E-state index is -0.459. The number of ether oxygens (including phenoxy) is 1. The lowest BCUT2D eigenvalue weighted by Crippen LogP contribution is -2.45. The highest BCUT2D eigenvalue weighted by Crippen LogP contribution is 2.24. The van der Waals surface area contributed by atoms with Crippen molar-refractivity contribution in [3.05, 3.63) is 24.3 Å². The van der Waals surface area contributed by atoms with Crippen LogP contribution in [-0.4, -0.2) is 48.3 Å². The van der Waals surface area contributed by atoms with E-state index in [0.717, 1.165) is 37.0 Å². The van der Waals surface area contributed by atoms with E-state index in [-0.39, 0.29) is 6.09 Å². The maximum absolute atomic E-state index is 12.3. The summed E-state index contributed by atoms with van der Waals surface area (Å²) in [5.74, 6) is 0.376. The Morgan fingerprint density at radius 1 is 1.40 bits per heavy atom. The van der Waals surface area contributed by atoms with Gasteiger partial charge in [0.15, 0.2) is 5.58 Å². The fraction of sp³-hybridized carbons (Fsp3) is 0.579. The van der Waals surface area contributed by atoms with Crippen LogP contribution in [0.2, 0.25) is 0 Å². The van der Waals surface area contributed by atoms with Crippen LogP contribution in [0, 0.1) is 5.92 Å². The Balaban J connectivity index is 1.61. The zero-order valence-electron chi connectivity index (χ0n) is 15.5. The average molecular weight is 345 g/mol. The van der Waals surface area contributed by atoms with Crippen LogP contribution in [-0.2, 0) is 4.74 Å². The summed E-state index contributed by atoms with van der Waals surface area (Å²) < 4.78 is 11.3. The summed E-state index contributed by atoms with van der Waals surface area (Å²) in [6.07, 6.45) is 1.86. The molecule has 6 nitrogen and oxygen atoms in total. The number of nitrogens with zero attached hydrogens (tertiary/aromatic N) is 3. The van der Waals surface area contributed by atoms with Gasteiger partial charge in [0.2, 0.25) is 0 Å². The molecule has 3 rings (SSSR count). The molecule has 0 saturated carbocycles. The van der Waals surface area contributed by atoms with Gasteiger partial charge in [-0.2, -0.15) is 4.98 Å². The molecule has 1 fully saturated rings. The largest absolute Gasteiger partial charge is 0.444 e. The summed E-state index contributed by atoms with van der Waals surface area (Å²) in [6, 6.07) is 8.38. The number of likely N-dealkylation sites (tertiary alicyclic amines) is 1. The van der Waals surface area contributed by atoms with Crippen molar-refractivity contribution in [2.45, 2.75) is 39.2 Å². The normalized spacial score (nSPS) is 18.4. The number of anilines is 1. The molecular weight excluding hydrogens is 318 g/mol. The molecule has 2 aromatic rings. The van der Waals surface area contributed by atoms with E-state index in [9.17, 15) is 4.79 Å². The molecule has 1 aliphatic rings. The molecular formula is C19H27N3O3. The number of hydrogen-bond donors (Lipinski definition) is 0. The van der Waals surface area contributed by atoms with Gasteiger partial charge in [0, 0.05) is 26.7 Å². The van der Waals surface area contributed by atoms with E-state index in [4.69, 9.17) is 9.15 Å². The number of oxazole rings is 1. The molecule has 136 valence electrons. The summed E-state index contributed by atoms with van der Waals surface area (Å²) in [5, 5.41) is 0. The van der Waals surface area contributed by atoms with Crippen molar-refractivity contribution < 1.29 is 13.9 Å². The first kappa shape index (κ1) is 17.6. The first-order chi connectivity index (χ1) is 11.8. The Kier molecular flexibility index (Phi) is 4.88. The Bertz CT molecular complexity index is 702. The molecule has 0 bridgehead atoms. The highest BCUT2D eigenvalue weighted by molar-refractivity contribution is 5.74. The zero-order valence-corrected chi connectivity index (χ0v) is 15.5. The van der Waals surface area contributed by atoms with Crippen LogP contribution in [0.4, 0.5) is 10.8 Å². The lowest BCUT2D eigenvalue weighted by Gasteiger charge is -2.35. The van der Waals surface area contributed by atoms with Gasteiger partial charge in [0.05, 0.1) is 0 Å². The van der Waals surface area contributed by atoms with Crippen molar-refractivity contribution in [1.29, 1.82) is 0 Å². The van der Waals surface area contributed by atoms with E-state index >= 15 is 0 Å². The molecule has 0 aliphatic carbocycles. The van der Waals surface area contributed by atoms with Crippen molar-refractivity contribution >= 4 is 23.2 Å². The molecule has 6 heteroatoms. The molecule has 0 radical (unpaired) electrons. The Labute approximate surface area is 148 Å². The van der Waals surface area contributed by atoms with E-state index in [1.54, 1.807) is 0 Å². The van der Waals surface area contributed by atoms with Gasteiger partial charge >= 0.3 is 6.09 Å². The zero-order chi connectivity index (χ0) is 18.0. The summed E-state index contributed by atoms with van der Waals surface area (Å²) >= 11 is 0. The van der Waals surface area contributed by atoms with E-state index in [2.05, 4.69) is 4.98 Å². The van der Waals surface area contributed by atoms with Crippen LogP contribution in [0.15, 0.2) is 28.7 Å². The van der Waals surface area contributed by atoms with Crippen molar-refractivity contribution in [2.75, 3.05) is 31.6 Å². The second-order valence-electron chi connectivity index (χ2n) is 7.78. The molecule has 1 aromatic heterocycles. The van der Waals surface area contributed by atoms with Crippen LogP contribution in [0.5, 0.6) is 0 Å². The second kappa shape index (κ2) is 6.94. The Morgan fingerprint density at radius 2 is 2.16 bits per heavy atom. The second-order valence-corrected chi connectivity index (χ2v) is 7.78. The van der Waals surface area contributed by atoms with Gasteiger partial charge < -0.3 is 19.0 Å². The fourth-order valence-corrected chi connectivity index (χ4v) is 3.20. The lowest BCUT2D eigenvalue weighted by molar-refractivity contribution is 0.0169. The van der Waals surface area contributed by atoms with Gasteiger partial charge in [-0.3, -0.25) is 0 Å². The third kappa shape index (κ3) is 4.44. The predicted molar refractivity (Wildman–Crippen MR) is 97.8 cm³/mol. The molecule has 1 unspecified atom stereocenters. The number of para-hydroxylation sites is 2. The number of carbonyl (C=O) groups excluding carboxylic acids is 1. The van der Waals surface area contributed by atoms with Crippen LogP contribution in [0.1, 0.15) is 33.6 Å². The van der Waals surface area contributed by atoms with Crippen LogP contribution >= 0.6 is 0 Å². The monoisotopic (exact) mass is 345 g/mol. The smallest absolute Gasteiger partial charge is 0.410 e. The minimum Gasteiger partial charge on any atom is -0.444 e. The number of carbonyl (C=O) groups is 1. The summed E-state index contributed by atoms with van der Waals surface area (Å²) in [5.41, 5.74) is 1.20. The molecule has 1 aliphatic heterocycles. The van der Waals surface area contributed by atoms with E-state index in [1.165, 1.54) is 0 Å². The summed E-state index contributed by atoms with van der Waals surface area (Å²) in [4.78, 5) is 20.7. The highest BCUT2D eigenvalue weighted by atomic mass is 16.6. The molecule has 1 atom stereocenters. The van der Waals surface area contributed by atoms with Crippen molar-refractivity contribution in [2.24, 2.45) is 5.92 Å². The molecule has 0 spiro atoms. The van der Waals surface area contributed by atoms with Crippen molar-refractivity contribution in [3.63, 3.8) is 0 Å². The Morgan fingerprint density at radius 3 is 2.88 bits per heavy atom. The first-order valence-electron chi connectivity index (χ1n) is 8.86. The number of aromatic nitrogens is 1. The van der Waals surface area contributed by atoms with Gasteiger partial charge in [-0.1, -0.05) is 12.1 Å². The maximum Gasteiger partial charge on any atom is 0.410 e. The number of benzene rings is 1. The van der Waals surface area contributed by atoms with Crippen LogP contribution < -0.4 is 4.90 Å². The van der Waals surface area contributed by atoms with E-state index in [1.807, 2.05) is 61.9 Å². The van der Waals surface area contributed by atoms with E-state index < -0.39 is 5.60 Å². The van der Waals surface area contributed by atoms with Gasteiger partial charge in [0.25, 0.3) is 6.01 Å².